The highest BCUT2D eigenvalue weighted by Gasteiger charge is 2.11. The molecule has 0 aliphatic rings. The van der Waals surface area contributed by atoms with E-state index in [1.807, 2.05) is 20.0 Å². The first-order valence-corrected chi connectivity index (χ1v) is 5.99. The van der Waals surface area contributed by atoms with Gasteiger partial charge in [-0.25, -0.2) is 0 Å². The van der Waals surface area contributed by atoms with Crippen molar-refractivity contribution in [3.05, 3.63) is 57.4 Å². The van der Waals surface area contributed by atoms with Crippen LogP contribution in [0.25, 0.3) is 0 Å². The van der Waals surface area contributed by atoms with Crippen molar-refractivity contribution in [1.29, 1.82) is 0 Å². The van der Waals surface area contributed by atoms with E-state index < -0.39 is 4.92 Å². The summed E-state index contributed by atoms with van der Waals surface area (Å²) in [6.07, 6.45) is 0. The van der Waals surface area contributed by atoms with Gasteiger partial charge in [0, 0.05) is 30.4 Å². The van der Waals surface area contributed by atoms with Crippen LogP contribution in [0.4, 0.5) is 5.69 Å². The SMILES string of the molecule is Cc1cc(CNC(=O)c2cccc([N+](=O)[O-])c2)nn1C. The number of amides is 1. The molecule has 0 spiro atoms. The number of nitrogens with zero attached hydrogens (tertiary/aromatic N) is 3. The summed E-state index contributed by atoms with van der Waals surface area (Å²) in [7, 11) is 1.82. The molecule has 0 aliphatic heterocycles. The largest absolute Gasteiger partial charge is 0.346 e. The molecule has 1 aromatic carbocycles. The van der Waals surface area contributed by atoms with Crippen LogP contribution >= 0.6 is 0 Å². The monoisotopic (exact) mass is 274 g/mol. The van der Waals surface area contributed by atoms with Crippen molar-refractivity contribution in [3.63, 3.8) is 0 Å². The molecule has 0 saturated carbocycles. The fourth-order valence-corrected chi connectivity index (χ4v) is 1.75. The number of aromatic nitrogens is 2. The van der Waals surface area contributed by atoms with E-state index in [1.54, 1.807) is 4.68 Å². The second-order valence-electron chi connectivity index (χ2n) is 4.39. The van der Waals surface area contributed by atoms with Crippen LogP contribution in [0, 0.1) is 17.0 Å². The lowest BCUT2D eigenvalue weighted by Gasteiger charge is -2.03. The summed E-state index contributed by atoms with van der Waals surface area (Å²) in [5, 5.41) is 17.6. The van der Waals surface area contributed by atoms with Crippen molar-refractivity contribution in [3.8, 4) is 0 Å². The number of nitro groups is 1. The number of rotatable bonds is 4. The number of non-ortho nitro benzene ring substituents is 1. The first kappa shape index (κ1) is 13.7. The maximum absolute atomic E-state index is 11.9. The molecule has 0 radical (unpaired) electrons. The second kappa shape index (κ2) is 5.52. The van der Waals surface area contributed by atoms with Gasteiger partial charge in [0.1, 0.15) is 0 Å². The molecule has 1 N–H and O–H groups in total. The molecule has 1 amide bonds. The van der Waals surface area contributed by atoms with Gasteiger partial charge in [-0.05, 0) is 19.1 Å². The molecule has 20 heavy (non-hydrogen) atoms. The van der Waals surface area contributed by atoms with Gasteiger partial charge in [0.25, 0.3) is 11.6 Å². The molecule has 0 unspecified atom stereocenters. The molecule has 0 bridgehead atoms. The van der Waals surface area contributed by atoms with Crippen LogP contribution in [0.5, 0.6) is 0 Å². The normalized spacial score (nSPS) is 10.3. The molecular weight excluding hydrogens is 260 g/mol. The number of aryl methyl sites for hydroxylation is 2. The minimum absolute atomic E-state index is 0.105. The van der Waals surface area contributed by atoms with E-state index in [0.717, 1.165) is 11.4 Å². The highest BCUT2D eigenvalue weighted by atomic mass is 16.6. The van der Waals surface area contributed by atoms with Gasteiger partial charge < -0.3 is 5.32 Å². The topological polar surface area (TPSA) is 90.1 Å². The van der Waals surface area contributed by atoms with Gasteiger partial charge in [-0.1, -0.05) is 6.07 Å². The van der Waals surface area contributed by atoms with Crippen LogP contribution < -0.4 is 5.32 Å². The van der Waals surface area contributed by atoms with Crippen molar-refractivity contribution >= 4 is 11.6 Å². The van der Waals surface area contributed by atoms with E-state index >= 15 is 0 Å². The molecule has 104 valence electrons. The van der Waals surface area contributed by atoms with Crippen LogP contribution in [0.3, 0.4) is 0 Å². The van der Waals surface area contributed by atoms with E-state index in [9.17, 15) is 14.9 Å². The number of benzene rings is 1. The Bertz CT molecular complexity index is 644. The second-order valence-corrected chi connectivity index (χ2v) is 4.39. The lowest BCUT2D eigenvalue weighted by atomic mass is 10.2. The fraction of sp³-hybridized carbons (Fsp3) is 0.231. The Morgan fingerprint density at radius 2 is 2.20 bits per heavy atom. The highest BCUT2D eigenvalue weighted by Crippen LogP contribution is 2.13. The van der Waals surface area contributed by atoms with E-state index in [4.69, 9.17) is 0 Å². The molecule has 1 heterocycles. The molecular formula is C13H14N4O3. The van der Waals surface area contributed by atoms with Gasteiger partial charge >= 0.3 is 0 Å². The van der Waals surface area contributed by atoms with Crippen LogP contribution in [-0.4, -0.2) is 20.6 Å². The number of nitrogens with one attached hydrogen (secondary N) is 1. The third kappa shape index (κ3) is 3.00. The molecule has 2 rings (SSSR count). The van der Waals surface area contributed by atoms with Crippen molar-refractivity contribution in [2.45, 2.75) is 13.5 Å². The average Bonchev–Trinajstić information content (AvgIpc) is 2.75. The zero-order valence-corrected chi connectivity index (χ0v) is 11.2. The Balaban J connectivity index is 2.05. The maximum Gasteiger partial charge on any atom is 0.270 e. The van der Waals surface area contributed by atoms with Crippen LogP contribution in [0.15, 0.2) is 30.3 Å². The number of nitro benzene ring substituents is 1. The van der Waals surface area contributed by atoms with Crippen LogP contribution in [-0.2, 0) is 13.6 Å². The minimum Gasteiger partial charge on any atom is -0.346 e. The Hall–Kier alpha value is -2.70. The molecule has 2 aromatic rings. The average molecular weight is 274 g/mol. The molecule has 0 atom stereocenters. The summed E-state index contributed by atoms with van der Waals surface area (Å²) < 4.78 is 1.72. The summed E-state index contributed by atoms with van der Waals surface area (Å²) in [5.74, 6) is -0.364. The van der Waals surface area contributed by atoms with Gasteiger partial charge in [-0.2, -0.15) is 5.10 Å². The third-order valence-electron chi connectivity index (χ3n) is 2.91. The maximum atomic E-state index is 11.9. The number of hydrogen-bond acceptors (Lipinski definition) is 4. The molecule has 0 fully saturated rings. The van der Waals surface area contributed by atoms with Gasteiger partial charge in [0.2, 0.25) is 0 Å². The zero-order valence-electron chi connectivity index (χ0n) is 11.2. The summed E-state index contributed by atoms with van der Waals surface area (Å²) in [5.41, 5.74) is 1.88. The first-order chi connectivity index (χ1) is 9.47. The van der Waals surface area contributed by atoms with Gasteiger partial charge in [-0.15, -0.1) is 0 Å². The zero-order chi connectivity index (χ0) is 14.7. The predicted molar refractivity (Wildman–Crippen MR) is 72.2 cm³/mol. The van der Waals surface area contributed by atoms with E-state index in [0.29, 0.717) is 0 Å². The van der Waals surface area contributed by atoms with Crippen molar-refractivity contribution in [1.82, 2.24) is 15.1 Å². The Morgan fingerprint density at radius 3 is 2.80 bits per heavy atom. The molecule has 7 nitrogen and oxygen atoms in total. The smallest absolute Gasteiger partial charge is 0.270 e. The van der Waals surface area contributed by atoms with Gasteiger partial charge in [-0.3, -0.25) is 19.6 Å². The summed E-state index contributed by atoms with van der Waals surface area (Å²) >= 11 is 0. The number of carbonyl (C=O) groups is 1. The Labute approximate surface area is 115 Å². The van der Waals surface area contributed by atoms with Crippen molar-refractivity contribution in [2.24, 2.45) is 7.05 Å². The highest BCUT2D eigenvalue weighted by molar-refractivity contribution is 5.94. The lowest BCUT2D eigenvalue weighted by molar-refractivity contribution is -0.384. The van der Waals surface area contributed by atoms with Crippen molar-refractivity contribution in [2.75, 3.05) is 0 Å². The summed E-state index contributed by atoms with van der Waals surface area (Å²) in [6, 6.07) is 7.48. The third-order valence-corrected chi connectivity index (χ3v) is 2.91. The van der Waals surface area contributed by atoms with E-state index in [-0.39, 0.29) is 23.7 Å². The molecule has 1 aromatic heterocycles. The number of hydrogen-bond donors (Lipinski definition) is 1. The molecule has 7 heteroatoms. The predicted octanol–water partition coefficient (Wildman–Crippen LogP) is 1.57. The first-order valence-electron chi connectivity index (χ1n) is 5.99. The molecule has 0 saturated heterocycles. The van der Waals surface area contributed by atoms with Crippen molar-refractivity contribution < 1.29 is 9.72 Å². The molecule has 0 aliphatic carbocycles. The number of carbonyl (C=O) groups excluding carboxylic acids is 1. The quantitative estimate of drug-likeness (QED) is 0.676. The fourth-order valence-electron chi connectivity index (χ4n) is 1.75. The van der Waals surface area contributed by atoms with Crippen LogP contribution in [0.1, 0.15) is 21.7 Å². The summed E-state index contributed by atoms with van der Waals surface area (Å²) in [4.78, 5) is 22.0. The standard InChI is InChI=1S/C13H14N4O3/c1-9-6-11(15-16(9)2)8-14-13(18)10-4-3-5-12(7-10)17(19)20/h3-7H,8H2,1-2H3,(H,14,18). The van der Waals surface area contributed by atoms with Gasteiger partial charge in [0.15, 0.2) is 0 Å². The van der Waals surface area contributed by atoms with Gasteiger partial charge in [0.05, 0.1) is 17.2 Å². The van der Waals surface area contributed by atoms with Crippen LogP contribution in [0.2, 0.25) is 0 Å². The van der Waals surface area contributed by atoms with E-state index in [1.165, 1.54) is 24.3 Å². The van der Waals surface area contributed by atoms with E-state index in [2.05, 4.69) is 10.4 Å². The summed E-state index contributed by atoms with van der Waals surface area (Å²) in [6.45, 7) is 2.20. The lowest BCUT2D eigenvalue weighted by Crippen LogP contribution is -2.23. The minimum atomic E-state index is -0.529. The Kier molecular flexibility index (Phi) is 3.79. The Morgan fingerprint density at radius 1 is 1.45 bits per heavy atom.